The van der Waals surface area contributed by atoms with Gasteiger partial charge in [-0.3, -0.25) is 0 Å². The van der Waals surface area contributed by atoms with Gasteiger partial charge in [0, 0.05) is 5.92 Å². The molecule has 136 valence electrons. The zero-order chi connectivity index (χ0) is 17.7. The molecule has 26 heavy (non-hydrogen) atoms. The Morgan fingerprint density at radius 2 is 1.65 bits per heavy atom. The molecule has 2 aliphatic carbocycles. The number of fused-ring (bicyclic) bond motifs is 4. The first-order valence-corrected chi connectivity index (χ1v) is 9.18. The fourth-order valence-corrected chi connectivity index (χ4v) is 5.32. The summed E-state index contributed by atoms with van der Waals surface area (Å²) in [6, 6.07) is 11.4. The quantitative estimate of drug-likeness (QED) is 0.617. The number of rotatable bonds is 0. The molecular formula is C20H20O6. The molecule has 0 aromatic heterocycles. The van der Waals surface area contributed by atoms with Crippen LogP contribution < -0.4 is 9.47 Å². The molecule has 0 unspecified atom stereocenters. The maximum Gasteiger partial charge on any atom is 0.312 e. The maximum atomic E-state index is 11.7. The van der Waals surface area contributed by atoms with Gasteiger partial charge in [0.2, 0.25) is 0 Å². The number of aliphatic hydroxyl groups excluding tert-OH is 2. The molecule has 2 saturated carbocycles. The minimum atomic E-state index is -1.75. The molecular weight excluding hydrogens is 336 g/mol. The minimum Gasteiger partial charge on any atom is -0.446 e. The van der Waals surface area contributed by atoms with Crippen molar-refractivity contribution in [1.29, 1.82) is 0 Å². The van der Waals surface area contributed by atoms with E-state index < -0.39 is 35.6 Å². The molecule has 1 spiro atoms. The van der Waals surface area contributed by atoms with E-state index in [4.69, 9.17) is 14.2 Å². The Labute approximate surface area is 149 Å². The van der Waals surface area contributed by atoms with Gasteiger partial charge >= 0.3 is 5.79 Å². The lowest BCUT2D eigenvalue weighted by atomic mass is 9.61. The van der Waals surface area contributed by atoms with Crippen LogP contribution in [0, 0.1) is 5.92 Å². The average Bonchev–Trinajstić information content (AvgIpc) is 3.42. The predicted octanol–water partition coefficient (Wildman–Crippen LogP) is 1.34. The molecule has 6 rings (SSSR count). The molecule has 6 nitrogen and oxygen atoms in total. The van der Waals surface area contributed by atoms with Gasteiger partial charge in [-0.25, -0.2) is 0 Å². The van der Waals surface area contributed by atoms with Crippen LogP contribution in [-0.2, 0) is 4.74 Å². The van der Waals surface area contributed by atoms with Crippen molar-refractivity contribution in [3.05, 3.63) is 36.4 Å². The van der Waals surface area contributed by atoms with E-state index in [-0.39, 0.29) is 12.5 Å². The Morgan fingerprint density at radius 1 is 0.962 bits per heavy atom. The zero-order valence-corrected chi connectivity index (χ0v) is 14.0. The van der Waals surface area contributed by atoms with Crippen LogP contribution in [0.3, 0.4) is 0 Å². The first-order valence-electron chi connectivity index (χ1n) is 9.18. The van der Waals surface area contributed by atoms with Crippen molar-refractivity contribution in [1.82, 2.24) is 0 Å². The third-order valence-electron chi connectivity index (χ3n) is 6.63. The van der Waals surface area contributed by atoms with E-state index in [1.165, 1.54) is 0 Å². The zero-order valence-electron chi connectivity index (χ0n) is 14.0. The smallest absolute Gasteiger partial charge is 0.312 e. The average molecular weight is 356 g/mol. The first-order chi connectivity index (χ1) is 12.5. The predicted molar refractivity (Wildman–Crippen MR) is 90.9 cm³/mol. The van der Waals surface area contributed by atoms with Crippen LogP contribution in [-0.4, -0.2) is 51.1 Å². The van der Waals surface area contributed by atoms with Crippen LogP contribution in [0.1, 0.15) is 19.3 Å². The fourth-order valence-electron chi connectivity index (χ4n) is 5.32. The van der Waals surface area contributed by atoms with Gasteiger partial charge in [0.15, 0.2) is 11.7 Å². The second kappa shape index (κ2) is 4.70. The third kappa shape index (κ3) is 1.62. The Morgan fingerprint density at radius 3 is 2.35 bits per heavy atom. The molecule has 6 heteroatoms. The number of hydrogen-bond acceptors (Lipinski definition) is 6. The summed E-state index contributed by atoms with van der Waals surface area (Å²) in [5, 5.41) is 34.9. The van der Waals surface area contributed by atoms with Gasteiger partial charge < -0.3 is 29.5 Å². The molecule has 3 N–H and O–H groups in total. The topological polar surface area (TPSA) is 91.7 Å². The molecule has 4 aliphatic rings. The highest BCUT2D eigenvalue weighted by Crippen LogP contribution is 2.60. The molecule has 2 aliphatic heterocycles. The van der Waals surface area contributed by atoms with Crippen LogP contribution >= 0.6 is 0 Å². The molecule has 3 fully saturated rings. The van der Waals surface area contributed by atoms with Crippen LogP contribution in [0.2, 0.25) is 0 Å². The summed E-state index contributed by atoms with van der Waals surface area (Å²) in [7, 11) is 0. The summed E-state index contributed by atoms with van der Waals surface area (Å²) < 4.78 is 18.4. The second-order valence-corrected chi connectivity index (χ2v) is 7.91. The van der Waals surface area contributed by atoms with Gasteiger partial charge in [0.25, 0.3) is 0 Å². The second-order valence-electron chi connectivity index (χ2n) is 7.91. The number of epoxide rings is 1. The minimum absolute atomic E-state index is 0.148. The van der Waals surface area contributed by atoms with Gasteiger partial charge in [0.05, 0.1) is 23.7 Å². The molecule has 1 saturated heterocycles. The molecule has 0 amide bonds. The van der Waals surface area contributed by atoms with Gasteiger partial charge in [-0.05, 0) is 36.8 Å². The Balaban J connectivity index is 1.57. The van der Waals surface area contributed by atoms with Crippen LogP contribution in [0.4, 0.5) is 0 Å². The summed E-state index contributed by atoms with van der Waals surface area (Å²) in [6.07, 6.45) is -1.22. The Bertz CT molecular complexity index is 872. The summed E-state index contributed by atoms with van der Waals surface area (Å²) in [5.74, 6) is -0.941. The molecule has 0 bridgehead atoms. The van der Waals surface area contributed by atoms with Gasteiger partial charge in [0.1, 0.15) is 11.5 Å². The molecule has 0 radical (unpaired) electrons. The van der Waals surface area contributed by atoms with E-state index >= 15 is 0 Å². The fraction of sp³-hybridized carbons (Fsp3) is 0.500. The standard InChI is InChI=1S/C20H20O6/c21-12-7-8-16(22)19(23)11(12)9-15-18(24-15)20(19)25-13-5-1-3-10-4-2-6-14(26-20)17(10)13/h1-6,11-12,15-16,18,21-23H,7-9H2/t11-,12-,15+,16+,18+,19+/m0/s1. The van der Waals surface area contributed by atoms with Gasteiger partial charge in [-0.1, -0.05) is 24.3 Å². The number of aliphatic hydroxyl groups is 3. The van der Waals surface area contributed by atoms with E-state index in [0.717, 1.165) is 10.8 Å². The number of benzene rings is 2. The summed E-state index contributed by atoms with van der Waals surface area (Å²) in [6.45, 7) is 0. The van der Waals surface area contributed by atoms with Gasteiger partial charge in [-0.2, -0.15) is 0 Å². The van der Waals surface area contributed by atoms with Crippen LogP contribution in [0.15, 0.2) is 36.4 Å². The van der Waals surface area contributed by atoms with E-state index in [1.807, 2.05) is 36.4 Å². The van der Waals surface area contributed by atoms with Crippen LogP contribution in [0.25, 0.3) is 10.8 Å². The lowest BCUT2D eigenvalue weighted by Gasteiger charge is -2.57. The van der Waals surface area contributed by atoms with Crippen LogP contribution in [0.5, 0.6) is 11.5 Å². The largest absolute Gasteiger partial charge is 0.446 e. The monoisotopic (exact) mass is 356 g/mol. The first kappa shape index (κ1) is 15.2. The lowest BCUT2D eigenvalue weighted by Crippen LogP contribution is -2.78. The molecule has 2 heterocycles. The van der Waals surface area contributed by atoms with E-state index in [2.05, 4.69) is 0 Å². The normalized spacial score (nSPS) is 41.7. The maximum absolute atomic E-state index is 11.7. The summed E-state index contributed by atoms with van der Waals surface area (Å²) in [5.41, 5.74) is -1.75. The summed E-state index contributed by atoms with van der Waals surface area (Å²) in [4.78, 5) is 0. The third-order valence-corrected chi connectivity index (χ3v) is 6.63. The molecule has 6 atom stereocenters. The number of ether oxygens (including phenoxy) is 3. The van der Waals surface area contributed by atoms with E-state index in [0.29, 0.717) is 24.3 Å². The Hall–Kier alpha value is -1.86. The van der Waals surface area contributed by atoms with Gasteiger partial charge in [-0.15, -0.1) is 0 Å². The highest BCUT2D eigenvalue weighted by molar-refractivity contribution is 5.94. The lowest BCUT2D eigenvalue weighted by molar-refractivity contribution is -0.327. The van der Waals surface area contributed by atoms with Crippen molar-refractivity contribution in [3.63, 3.8) is 0 Å². The van der Waals surface area contributed by atoms with Crippen molar-refractivity contribution in [2.24, 2.45) is 5.92 Å². The highest BCUT2D eigenvalue weighted by atomic mass is 16.8. The Kier molecular flexibility index (Phi) is 2.75. The van der Waals surface area contributed by atoms with Crippen molar-refractivity contribution in [2.75, 3.05) is 0 Å². The van der Waals surface area contributed by atoms with E-state index in [1.54, 1.807) is 0 Å². The van der Waals surface area contributed by atoms with Crippen molar-refractivity contribution >= 4 is 10.8 Å². The van der Waals surface area contributed by atoms with E-state index in [9.17, 15) is 15.3 Å². The summed E-state index contributed by atoms with van der Waals surface area (Å²) >= 11 is 0. The molecule has 2 aromatic rings. The SMILES string of the molecule is O[C@@H]1CC[C@H](O)[C@@H]2C[C@H]3O[C@H]3C3(Oc4cccc5cccc(c45)O3)[C@]12O. The van der Waals surface area contributed by atoms with Crippen molar-refractivity contribution in [2.45, 2.75) is 55.1 Å². The molecule has 2 aromatic carbocycles. The number of hydrogen-bond donors (Lipinski definition) is 3. The van der Waals surface area contributed by atoms with Crippen molar-refractivity contribution in [3.8, 4) is 11.5 Å². The van der Waals surface area contributed by atoms with Crippen molar-refractivity contribution < 1.29 is 29.5 Å². The highest BCUT2D eigenvalue weighted by Gasteiger charge is 2.79.